The highest BCUT2D eigenvalue weighted by Gasteiger charge is 2.69. The number of hydrogen-bond donors (Lipinski definition) is 0. The fraction of sp³-hybridized carbons (Fsp3) is 0.0625. The summed E-state index contributed by atoms with van der Waals surface area (Å²) in [5.74, 6) is -0.616. The minimum Gasteiger partial charge on any atom is -0.310 e. The standard InChI is InChI=1S/C32H25ClN4O2.B102/c1-36(27-13-15-29(34-20-27)22-9-5-3-6-10-22)31(38)24-17-25(19-26(33)18-24)32(39)37(2)28-14-16-30(35-21-28)23-11-7-4-8-12-23;1-53(2)79(54(3)4)92(80(55(5)6)56(7)8)98(91(77(49)50)78(51)52)101(97(89(73(41)42)74(43)44)90(75(45)46)76(47)48)102(99(93(81(57(9)10)58(11)12)82(59(13)14)60(15)16)94(83(61(17)18)62(19)20)84(63(21)22)64(23)24)100(95(85(65(25)26)66(27)28)86(67(29)30)68(31)32)96(87(69(33)34)70(35)36)88(71(37)38)72(39)40/h3-21H,1-2H3;. The molecule has 5 rings (SSSR count). The summed E-state index contributed by atoms with van der Waals surface area (Å²) in [5, 5.41) is 0.293. The van der Waals surface area contributed by atoms with Gasteiger partial charge in [-0.25, -0.2) is 0 Å². The lowest BCUT2D eigenvalue weighted by Gasteiger charge is -2.63. The lowest BCUT2D eigenvalue weighted by atomic mass is 8.18. The number of amides is 2. The molecule has 0 unspecified atom stereocenters. The first kappa shape index (κ1) is 135. The molecule has 0 saturated carbocycles. The summed E-state index contributed by atoms with van der Waals surface area (Å²) < 4.78 is 0. The molecule has 104 radical (unpaired) electrons. The Morgan fingerprint density at radius 2 is 0.333 bits per heavy atom. The zero-order chi connectivity index (χ0) is 108. The summed E-state index contributed by atoms with van der Waals surface area (Å²) in [7, 11) is 374. The van der Waals surface area contributed by atoms with E-state index < -0.39 is 319 Å². The highest BCUT2D eigenvalue weighted by atomic mass is 35.5. The Labute approximate surface area is 944 Å². The molecule has 0 saturated heterocycles. The number of aromatic nitrogens is 2. The second-order valence-electron chi connectivity index (χ2n) is 37.9. The van der Waals surface area contributed by atoms with E-state index in [1.54, 1.807) is 44.7 Å². The molecular formula is C32H25B102ClN4O2. The predicted octanol–water partition coefficient (Wildman–Crippen LogP) is -31.8. The molecule has 2 amide bonds. The molecule has 0 atom stereocenters. The number of hydrogen-bond acceptors (Lipinski definition) is 4. The fourth-order valence-electron chi connectivity index (χ4n) is 22.7. The minimum atomic E-state index is -2.36. The molecule has 5 aromatic rings. The third-order valence-corrected chi connectivity index (χ3v) is 28.4. The molecule has 2 heterocycles. The van der Waals surface area contributed by atoms with Crippen molar-refractivity contribution in [3.05, 3.63) is 132 Å². The Morgan fingerprint density at radius 3 is 0.461 bits per heavy atom. The van der Waals surface area contributed by atoms with Gasteiger partial charge in [0.05, 0.1) is 35.2 Å². The maximum atomic E-state index is 13.3. The van der Waals surface area contributed by atoms with Gasteiger partial charge in [0.15, 0.2) is 0 Å². The van der Waals surface area contributed by atoms with Gasteiger partial charge in [0.25, 0.3) is 11.8 Å². The number of pyridine rings is 2. The average molecular weight is 1640 g/mol. The van der Waals surface area contributed by atoms with Crippen molar-refractivity contribution >= 4 is 756 Å². The van der Waals surface area contributed by atoms with Gasteiger partial charge >= 0.3 is 0 Å². The van der Waals surface area contributed by atoms with E-state index in [-0.39, 0.29) is 11.8 Å². The lowest BCUT2D eigenvalue weighted by Crippen LogP contribution is -3.01. The van der Waals surface area contributed by atoms with Crippen molar-refractivity contribution in [1.29, 1.82) is 0 Å². The summed E-state index contributed by atoms with van der Waals surface area (Å²) in [4.78, 5) is 38.7. The predicted molar refractivity (Wildman–Crippen MR) is 743 cm³/mol. The molecule has 0 aliphatic carbocycles. The SMILES string of the molecule is CN(C(=O)c1cc(Cl)cc(C(=O)N(C)c2ccc(-c3ccccc3)nc2)c1)c1ccc(-c2ccccc2)nc1.[B]B([B])B(B([B])[B])B(B(B([B])[B])B([B])[B])B(B(B([B])[B])B([B])[B])B(B(B(B([B])[B])B([B])[B])B(B([B])[B])B([B])[B])B(B(B(B(B([B])[B])B([B])[B])B(B([B])[B])B([B])[B])B(B(B([B])[B])B([B])[B])B(B([B])[B])B([B])[B])B(B(B(B([B])[B])B([B])[B])B(B([B])[B])B([B])[B])B(B(B([B])[B])B([B])[B])B(B([B])[B])B([B])[B]. The van der Waals surface area contributed by atoms with Crippen molar-refractivity contribution in [3.63, 3.8) is 0 Å². The Hall–Kier alpha value is 1.81. The van der Waals surface area contributed by atoms with Crippen LogP contribution in [-0.2, 0) is 0 Å². The Balaban J connectivity index is 0.000000867. The number of benzene rings is 3. The van der Waals surface area contributed by atoms with Gasteiger partial charge < -0.3 is 9.80 Å². The van der Waals surface area contributed by atoms with E-state index in [1.165, 1.54) is 9.80 Å². The maximum Gasteiger partial charge on any atom is 0.258 e. The number of anilines is 2. The largest absolute Gasteiger partial charge is 0.310 e. The summed E-state index contributed by atoms with van der Waals surface area (Å²) in [6.45, 7) is 0. The van der Waals surface area contributed by atoms with Gasteiger partial charge in [-0.1, -0.05) is 72.3 Å². The molecule has 0 fully saturated rings. The topological polar surface area (TPSA) is 66.4 Å². The zero-order valence-electron chi connectivity index (χ0n) is 80.3. The van der Waals surface area contributed by atoms with E-state index in [0.29, 0.717) is 27.5 Å². The van der Waals surface area contributed by atoms with Crippen LogP contribution >= 0.6 is 11.6 Å². The van der Waals surface area contributed by atoms with E-state index in [1.807, 2.05) is 84.9 Å². The third-order valence-electron chi connectivity index (χ3n) is 28.2. The number of carbonyl (C=O) groups is 2. The molecule has 0 aliphatic rings. The Kier molecular flexibility index (Phi) is 60.0. The quantitative estimate of drug-likeness (QED) is 0.0364. The van der Waals surface area contributed by atoms with Crippen molar-refractivity contribution in [2.75, 3.05) is 23.9 Å². The lowest BCUT2D eigenvalue weighted by molar-refractivity contribution is 0.0992. The highest BCUT2D eigenvalue weighted by molar-refractivity contribution is 8.44. The summed E-state index contributed by atoms with van der Waals surface area (Å²) >= 11 is 6.35. The molecule has 498 valence electrons. The highest BCUT2D eigenvalue weighted by Crippen LogP contribution is 2.33. The first-order valence-electron chi connectivity index (χ1n) is 46.0. The molecule has 0 aliphatic heterocycles. The van der Waals surface area contributed by atoms with Crippen molar-refractivity contribution in [1.82, 2.24) is 9.97 Å². The van der Waals surface area contributed by atoms with Gasteiger partial charge in [-0.15, -0.1) is 0 Å². The van der Waals surface area contributed by atoms with Gasteiger partial charge in [0.2, 0.25) is 0 Å². The van der Waals surface area contributed by atoms with Gasteiger partial charge in [0.1, 0.15) is 0 Å². The monoisotopic (exact) mass is 1660 g/mol. The van der Waals surface area contributed by atoms with Crippen LogP contribution in [0.25, 0.3) is 22.5 Å². The normalized spacial score (nSPS) is 10.1. The fourth-order valence-corrected chi connectivity index (χ4v) is 22.9. The van der Waals surface area contributed by atoms with E-state index in [0.717, 1.165) is 22.5 Å². The Bertz CT molecular complexity index is 3860. The van der Waals surface area contributed by atoms with E-state index >= 15 is 0 Å². The van der Waals surface area contributed by atoms with Gasteiger partial charge in [-0.3, -0.25) is 19.6 Å². The van der Waals surface area contributed by atoms with E-state index in [2.05, 4.69) is 9.97 Å². The Morgan fingerprint density at radius 1 is 0.199 bits per heavy atom. The molecule has 3 aromatic carbocycles. The minimum absolute atomic E-state index is 0.293. The number of halogens is 1. The second kappa shape index (κ2) is 62.7. The maximum absolute atomic E-state index is 13.3. The van der Waals surface area contributed by atoms with Crippen LogP contribution in [0.2, 0.25) is 5.02 Å². The van der Waals surface area contributed by atoms with Gasteiger partial charge in [0, 0.05) is 763 Å². The molecule has 109 heteroatoms. The van der Waals surface area contributed by atoms with Crippen LogP contribution in [0.5, 0.6) is 0 Å². The zero-order valence-corrected chi connectivity index (χ0v) is 81.1. The van der Waals surface area contributed by atoms with Crippen LogP contribution in [-0.4, -0.2) is 757 Å². The third kappa shape index (κ3) is 35.9. The number of rotatable bonds is 55. The molecule has 6 nitrogen and oxygen atoms in total. The number of carbonyl (C=O) groups excluding carboxylic acids is 2. The summed E-state index contributed by atoms with van der Waals surface area (Å²) in [6.07, 6.45) is -93.0. The van der Waals surface area contributed by atoms with Crippen LogP contribution in [0.4, 0.5) is 11.4 Å². The second-order valence-corrected chi connectivity index (χ2v) is 38.3. The molecule has 0 bridgehead atoms. The smallest absolute Gasteiger partial charge is 0.258 e. The van der Waals surface area contributed by atoms with E-state index in [9.17, 15) is 9.59 Å². The van der Waals surface area contributed by atoms with E-state index in [4.69, 9.17) is 414 Å². The number of nitrogens with zero attached hydrogens (tertiary/aromatic N) is 4. The summed E-state index contributed by atoms with van der Waals surface area (Å²) in [6, 6.07) is 31.7. The average Bonchev–Trinajstić information content (AvgIpc) is 0.703. The molecule has 141 heavy (non-hydrogen) atoms. The van der Waals surface area contributed by atoms with Crippen molar-refractivity contribution in [3.8, 4) is 22.5 Å². The van der Waals surface area contributed by atoms with Crippen LogP contribution in [0.3, 0.4) is 0 Å². The molecule has 2 aromatic heterocycles. The first-order chi connectivity index (χ1) is 65.3. The van der Waals surface area contributed by atoms with Crippen LogP contribution < -0.4 is 9.80 Å². The summed E-state index contributed by atoms with van der Waals surface area (Å²) in [5.41, 5.74) is 5.44. The molecular weight excluding hydrogens is 1610 g/mol. The first-order valence-corrected chi connectivity index (χ1v) is 46.3. The molecule has 0 spiro atoms. The molecule has 0 N–H and O–H groups in total. The van der Waals surface area contributed by atoms with Crippen LogP contribution in [0, 0.1) is 0 Å². The van der Waals surface area contributed by atoms with Crippen molar-refractivity contribution < 1.29 is 9.59 Å². The van der Waals surface area contributed by atoms with Crippen molar-refractivity contribution in [2.24, 2.45) is 0 Å². The van der Waals surface area contributed by atoms with Crippen LogP contribution in [0.15, 0.2) is 116 Å². The van der Waals surface area contributed by atoms with Gasteiger partial charge in [-0.05, 0) is 42.5 Å². The van der Waals surface area contributed by atoms with Gasteiger partial charge in [-0.2, -0.15) is 0 Å². The van der Waals surface area contributed by atoms with Crippen molar-refractivity contribution in [2.45, 2.75) is 0 Å². The van der Waals surface area contributed by atoms with Crippen LogP contribution in [0.1, 0.15) is 20.7 Å².